The van der Waals surface area contributed by atoms with Gasteiger partial charge in [-0.1, -0.05) is 27.2 Å². The van der Waals surface area contributed by atoms with E-state index in [-0.39, 0.29) is 12.1 Å². The average molecular weight is 244 g/mol. The van der Waals surface area contributed by atoms with E-state index in [1.807, 2.05) is 6.92 Å². The van der Waals surface area contributed by atoms with Gasteiger partial charge in [0, 0.05) is 13.0 Å². The molecular weight excluding hydrogens is 216 g/mol. The molecule has 0 aliphatic rings. The molecule has 0 N–H and O–H groups in total. The first-order valence-corrected chi connectivity index (χ1v) is 6.91. The Morgan fingerprint density at radius 3 is 2.35 bits per heavy atom. The molecule has 0 radical (unpaired) electrons. The highest BCUT2D eigenvalue weighted by Gasteiger charge is 2.11. The standard InChI is InChI=1S/C14H28O3/c1-5-12(4)10-11-17-13(6-2)8-9-14(15)16-7-3/h12-13H,5-11H2,1-4H3/t12-,13?/m1/s1. The average Bonchev–Trinajstić information content (AvgIpc) is 2.33. The third-order valence-corrected chi connectivity index (χ3v) is 3.09. The summed E-state index contributed by atoms with van der Waals surface area (Å²) in [6, 6.07) is 0. The van der Waals surface area contributed by atoms with Crippen molar-refractivity contribution in [3.05, 3.63) is 0 Å². The van der Waals surface area contributed by atoms with Gasteiger partial charge in [-0.15, -0.1) is 0 Å². The van der Waals surface area contributed by atoms with Gasteiger partial charge in [0.2, 0.25) is 0 Å². The second-order valence-corrected chi connectivity index (χ2v) is 4.55. The monoisotopic (exact) mass is 244 g/mol. The van der Waals surface area contributed by atoms with E-state index in [2.05, 4.69) is 20.8 Å². The highest BCUT2D eigenvalue weighted by atomic mass is 16.5. The molecule has 0 rings (SSSR count). The molecule has 0 aliphatic heterocycles. The molecular formula is C14H28O3. The summed E-state index contributed by atoms with van der Waals surface area (Å²) < 4.78 is 10.7. The molecule has 0 aliphatic carbocycles. The van der Waals surface area contributed by atoms with Crippen LogP contribution in [0.25, 0.3) is 0 Å². The van der Waals surface area contributed by atoms with Crippen LogP contribution in [0.4, 0.5) is 0 Å². The first-order valence-electron chi connectivity index (χ1n) is 6.91. The van der Waals surface area contributed by atoms with E-state index in [4.69, 9.17) is 9.47 Å². The van der Waals surface area contributed by atoms with Crippen LogP contribution < -0.4 is 0 Å². The van der Waals surface area contributed by atoms with Gasteiger partial charge < -0.3 is 9.47 Å². The second-order valence-electron chi connectivity index (χ2n) is 4.55. The van der Waals surface area contributed by atoms with E-state index in [1.165, 1.54) is 6.42 Å². The normalized spacial score (nSPS) is 14.4. The minimum absolute atomic E-state index is 0.114. The SMILES string of the molecule is CCOC(=O)CCC(CC)OCC[C@H](C)CC. The van der Waals surface area contributed by atoms with Crippen molar-refractivity contribution in [1.29, 1.82) is 0 Å². The number of hydrogen-bond donors (Lipinski definition) is 0. The number of esters is 1. The molecule has 0 heterocycles. The van der Waals surface area contributed by atoms with Crippen molar-refractivity contribution in [3.8, 4) is 0 Å². The van der Waals surface area contributed by atoms with Gasteiger partial charge in [-0.2, -0.15) is 0 Å². The van der Waals surface area contributed by atoms with Gasteiger partial charge in [0.1, 0.15) is 0 Å². The molecule has 0 aromatic heterocycles. The maximum absolute atomic E-state index is 11.2. The van der Waals surface area contributed by atoms with Gasteiger partial charge >= 0.3 is 5.97 Å². The van der Waals surface area contributed by atoms with Crippen LogP contribution in [0.1, 0.15) is 59.8 Å². The Kier molecular flexibility index (Phi) is 10.2. The first-order chi connectivity index (χ1) is 8.13. The Labute approximate surface area is 106 Å². The summed E-state index contributed by atoms with van der Waals surface area (Å²) in [6.45, 7) is 9.63. The molecule has 0 saturated heterocycles. The third-order valence-electron chi connectivity index (χ3n) is 3.09. The summed E-state index contributed by atoms with van der Waals surface area (Å²) in [5, 5.41) is 0. The summed E-state index contributed by atoms with van der Waals surface area (Å²) in [6.07, 6.45) is 4.70. The maximum Gasteiger partial charge on any atom is 0.305 e. The molecule has 1 unspecified atom stereocenters. The van der Waals surface area contributed by atoms with Crippen LogP contribution in [0.2, 0.25) is 0 Å². The van der Waals surface area contributed by atoms with Crippen molar-refractivity contribution in [2.75, 3.05) is 13.2 Å². The van der Waals surface area contributed by atoms with Gasteiger partial charge in [-0.25, -0.2) is 0 Å². The summed E-state index contributed by atoms with van der Waals surface area (Å²) in [5.74, 6) is 0.606. The Morgan fingerprint density at radius 1 is 1.12 bits per heavy atom. The van der Waals surface area contributed by atoms with Crippen molar-refractivity contribution < 1.29 is 14.3 Å². The molecule has 3 nitrogen and oxygen atoms in total. The lowest BCUT2D eigenvalue weighted by atomic mass is 10.1. The van der Waals surface area contributed by atoms with Gasteiger partial charge in [-0.05, 0) is 32.1 Å². The lowest BCUT2D eigenvalue weighted by molar-refractivity contribution is -0.144. The zero-order valence-electron chi connectivity index (χ0n) is 11.8. The lowest BCUT2D eigenvalue weighted by Gasteiger charge is -2.17. The van der Waals surface area contributed by atoms with Crippen molar-refractivity contribution in [2.24, 2.45) is 5.92 Å². The zero-order chi connectivity index (χ0) is 13.1. The quantitative estimate of drug-likeness (QED) is 0.551. The number of rotatable bonds is 10. The van der Waals surface area contributed by atoms with Crippen molar-refractivity contribution in [1.82, 2.24) is 0 Å². The number of ether oxygens (including phenoxy) is 2. The van der Waals surface area contributed by atoms with Crippen molar-refractivity contribution >= 4 is 5.97 Å². The molecule has 0 aromatic carbocycles. The molecule has 0 saturated carbocycles. The Morgan fingerprint density at radius 2 is 1.82 bits per heavy atom. The van der Waals surface area contributed by atoms with Gasteiger partial charge in [0.15, 0.2) is 0 Å². The van der Waals surface area contributed by atoms with E-state index in [1.54, 1.807) is 0 Å². The van der Waals surface area contributed by atoms with Crippen molar-refractivity contribution in [3.63, 3.8) is 0 Å². The summed E-state index contributed by atoms with van der Waals surface area (Å²) in [7, 11) is 0. The molecule has 0 amide bonds. The Hall–Kier alpha value is -0.570. The van der Waals surface area contributed by atoms with Gasteiger partial charge in [-0.3, -0.25) is 4.79 Å². The van der Waals surface area contributed by atoms with E-state index in [0.717, 1.165) is 31.8 Å². The molecule has 2 atom stereocenters. The van der Waals surface area contributed by atoms with Crippen LogP contribution in [0.15, 0.2) is 0 Å². The fourth-order valence-corrected chi connectivity index (χ4v) is 1.56. The Bertz CT molecular complexity index is 192. The minimum atomic E-state index is -0.114. The highest BCUT2D eigenvalue weighted by molar-refractivity contribution is 5.69. The van der Waals surface area contributed by atoms with E-state index >= 15 is 0 Å². The largest absolute Gasteiger partial charge is 0.466 e. The zero-order valence-corrected chi connectivity index (χ0v) is 11.8. The maximum atomic E-state index is 11.2. The molecule has 0 fully saturated rings. The van der Waals surface area contributed by atoms with E-state index in [0.29, 0.717) is 13.0 Å². The van der Waals surface area contributed by atoms with E-state index in [9.17, 15) is 4.79 Å². The van der Waals surface area contributed by atoms with Crippen LogP contribution in [0.3, 0.4) is 0 Å². The molecule has 0 bridgehead atoms. The van der Waals surface area contributed by atoms with Gasteiger partial charge in [0.25, 0.3) is 0 Å². The number of carbonyl (C=O) groups is 1. The molecule has 102 valence electrons. The fourth-order valence-electron chi connectivity index (χ4n) is 1.56. The molecule has 3 heteroatoms. The second kappa shape index (κ2) is 10.6. The number of hydrogen-bond acceptors (Lipinski definition) is 3. The van der Waals surface area contributed by atoms with Gasteiger partial charge in [0.05, 0.1) is 12.7 Å². The smallest absolute Gasteiger partial charge is 0.305 e. The van der Waals surface area contributed by atoms with Crippen LogP contribution in [-0.4, -0.2) is 25.3 Å². The minimum Gasteiger partial charge on any atom is -0.466 e. The predicted octanol–water partition coefficient (Wildman–Crippen LogP) is 3.56. The van der Waals surface area contributed by atoms with Crippen LogP contribution in [0, 0.1) is 5.92 Å². The predicted molar refractivity (Wildman–Crippen MR) is 70.0 cm³/mol. The number of carbonyl (C=O) groups excluding carboxylic acids is 1. The Balaban J connectivity index is 3.65. The van der Waals surface area contributed by atoms with Crippen LogP contribution >= 0.6 is 0 Å². The van der Waals surface area contributed by atoms with E-state index < -0.39 is 0 Å². The fraction of sp³-hybridized carbons (Fsp3) is 0.929. The van der Waals surface area contributed by atoms with Crippen molar-refractivity contribution in [2.45, 2.75) is 65.9 Å². The third kappa shape index (κ3) is 9.16. The first kappa shape index (κ1) is 16.4. The molecule has 0 spiro atoms. The van der Waals surface area contributed by atoms with Crippen LogP contribution in [-0.2, 0) is 14.3 Å². The molecule has 0 aromatic rings. The topological polar surface area (TPSA) is 35.5 Å². The lowest BCUT2D eigenvalue weighted by Crippen LogP contribution is -2.16. The summed E-state index contributed by atoms with van der Waals surface area (Å²) >= 11 is 0. The highest BCUT2D eigenvalue weighted by Crippen LogP contribution is 2.11. The summed E-state index contributed by atoms with van der Waals surface area (Å²) in [5.41, 5.74) is 0. The van der Waals surface area contributed by atoms with Crippen LogP contribution in [0.5, 0.6) is 0 Å². The molecule has 17 heavy (non-hydrogen) atoms. The summed E-state index contributed by atoms with van der Waals surface area (Å²) in [4.78, 5) is 11.2.